The summed E-state index contributed by atoms with van der Waals surface area (Å²) < 4.78 is 0. The Morgan fingerprint density at radius 2 is 2.14 bits per heavy atom. The first kappa shape index (κ1) is 12.0. The summed E-state index contributed by atoms with van der Waals surface area (Å²) in [4.78, 5) is 6.52. The van der Waals surface area contributed by atoms with Gasteiger partial charge < -0.3 is 4.98 Å². The molecule has 2 heteroatoms. The number of nitrogens with one attached hydrogen (secondary N) is 1. The molecular weight excluding hydrogens is 256 g/mol. The largest absolute Gasteiger partial charge is 0.357 e. The fourth-order valence-electron chi connectivity index (χ4n) is 5.04. The smallest absolute Gasteiger partial charge is 0.0536 e. The average Bonchev–Trinajstić information content (AvgIpc) is 3.04. The summed E-state index contributed by atoms with van der Waals surface area (Å²) in [6.45, 7) is 4.85. The molecule has 2 nitrogen and oxygen atoms in total. The van der Waals surface area contributed by atoms with Crippen molar-refractivity contribution in [2.45, 2.75) is 32.2 Å². The third-order valence-electron chi connectivity index (χ3n) is 5.99. The van der Waals surface area contributed by atoms with Crippen molar-refractivity contribution in [2.75, 3.05) is 13.1 Å². The van der Waals surface area contributed by atoms with Crippen LogP contribution in [0.15, 0.2) is 35.9 Å². The quantitative estimate of drug-likeness (QED) is 0.720. The molecule has 1 aliphatic carbocycles. The first-order valence-electron chi connectivity index (χ1n) is 8.30. The second-order valence-electron chi connectivity index (χ2n) is 7.17. The number of benzene rings is 1. The van der Waals surface area contributed by atoms with Crippen LogP contribution in [0.25, 0.3) is 10.9 Å². The lowest BCUT2D eigenvalue weighted by atomic mass is 9.77. The van der Waals surface area contributed by atoms with Gasteiger partial charge in [-0.05, 0) is 49.7 Å². The van der Waals surface area contributed by atoms with Crippen LogP contribution in [0.3, 0.4) is 0 Å². The van der Waals surface area contributed by atoms with E-state index in [0.717, 1.165) is 11.8 Å². The minimum atomic E-state index is 0.634. The predicted octanol–water partition coefficient (Wildman–Crippen LogP) is 4.05. The van der Waals surface area contributed by atoms with Gasteiger partial charge in [-0.3, -0.25) is 4.90 Å². The first-order chi connectivity index (χ1) is 10.3. The molecule has 1 aromatic heterocycles. The molecule has 5 rings (SSSR count). The normalized spacial score (nSPS) is 31.7. The molecule has 3 aliphatic rings. The molecule has 0 bridgehead atoms. The van der Waals surface area contributed by atoms with Crippen LogP contribution >= 0.6 is 0 Å². The van der Waals surface area contributed by atoms with Gasteiger partial charge in [0, 0.05) is 29.7 Å². The number of hydrogen-bond acceptors (Lipinski definition) is 1. The summed E-state index contributed by atoms with van der Waals surface area (Å²) in [7, 11) is 0. The monoisotopic (exact) mass is 278 g/mol. The second-order valence-corrected chi connectivity index (χ2v) is 7.17. The number of para-hydroxylation sites is 1. The van der Waals surface area contributed by atoms with Crippen molar-refractivity contribution in [2.24, 2.45) is 11.8 Å². The lowest BCUT2D eigenvalue weighted by molar-refractivity contribution is 0.210. The van der Waals surface area contributed by atoms with E-state index in [4.69, 9.17) is 0 Å². The van der Waals surface area contributed by atoms with Crippen LogP contribution in [0.1, 0.15) is 37.1 Å². The molecule has 21 heavy (non-hydrogen) atoms. The Hall–Kier alpha value is -1.54. The van der Waals surface area contributed by atoms with E-state index >= 15 is 0 Å². The van der Waals surface area contributed by atoms with Gasteiger partial charge in [0.25, 0.3) is 0 Å². The molecule has 1 saturated heterocycles. The Morgan fingerprint density at radius 3 is 3.10 bits per heavy atom. The van der Waals surface area contributed by atoms with Gasteiger partial charge in [0.1, 0.15) is 0 Å². The highest BCUT2D eigenvalue weighted by Crippen LogP contribution is 2.50. The number of aromatic amines is 1. The second kappa shape index (κ2) is 4.23. The van der Waals surface area contributed by atoms with E-state index in [9.17, 15) is 0 Å². The van der Waals surface area contributed by atoms with Gasteiger partial charge in [-0.15, -0.1) is 0 Å². The Morgan fingerprint density at radius 1 is 1.24 bits per heavy atom. The molecule has 0 unspecified atom stereocenters. The van der Waals surface area contributed by atoms with E-state index < -0.39 is 0 Å². The fourth-order valence-corrected chi connectivity index (χ4v) is 5.04. The molecule has 0 saturated carbocycles. The molecule has 2 aliphatic heterocycles. The number of fused-ring (bicyclic) bond motifs is 7. The zero-order valence-electron chi connectivity index (χ0n) is 12.6. The van der Waals surface area contributed by atoms with Crippen LogP contribution in [0.2, 0.25) is 0 Å². The summed E-state index contributed by atoms with van der Waals surface area (Å²) >= 11 is 0. The SMILES string of the molecule is CC1=CC[C@H]2CN3CCc4c([nH]c5ccccc45)[C@@H]3[C@H]2C1. The highest BCUT2D eigenvalue weighted by atomic mass is 15.2. The molecule has 1 aromatic carbocycles. The molecule has 2 aromatic rings. The number of aromatic nitrogens is 1. The van der Waals surface area contributed by atoms with Crippen molar-refractivity contribution in [3.8, 4) is 0 Å². The highest BCUT2D eigenvalue weighted by Gasteiger charge is 2.46. The van der Waals surface area contributed by atoms with E-state index in [-0.39, 0.29) is 0 Å². The van der Waals surface area contributed by atoms with E-state index in [2.05, 4.69) is 47.1 Å². The number of hydrogen-bond donors (Lipinski definition) is 1. The van der Waals surface area contributed by atoms with Gasteiger partial charge in [0.2, 0.25) is 0 Å². The highest BCUT2D eigenvalue weighted by molar-refractivity contribution is 5.85. The molecule has 3 heterocycles. The van der Waals surface area contributed by atoms with Gasteiger partial charge in [0.05, 0.1) is 6.04 Å². The van der Waals surface area contributed by atoms with E-state index in [1.807, 2.05) is 0 Å². The zero-order valence-corrected chi connectivity index (χ0v) is 12.6. The Bertz CT molecular complexity index is 739. The van der Waals surface area contributed by atoms with Crippen molar-refractivity contribution in [1.82, 2.24) is 9.88 Å². The van der Waals surface area contributed by atoms with Gasteiger partial charge in [-0.25, -0.2) is 0 Å². The summed E-state index contributed by atoms with van der Waals surface area (Å²) in [5.41, 5.74) is 6.06. The third kappa shape index (κ3) is 1.63. The average molecular weight is 278 g/mol. The van der Waals surface area contributed by atoms with Crippen molar-refractivity contribution >= 4 is 10.9 Å². The number of rotatable bonds is 0. The molecule has 1 fully saturated rings. The summed E-state index contributed by atoms with van der Waals surface area (Å²) in [5.74, 6) is 1.69. The van der Waals surface area contributed by atoms with Crippen molar-refractivity contribution in [3.05, 3.63) is 47.2 Å². The number of H-pyrrole nitrogens is 1. The maximum atomic E-state index is 3.77. The predicted molar refractivity (Wildman–Crippen MR) is 86.3 cm³/mol. The van der Waals surface area contributed by atoms with Crippen LogP contribution in [0.5, 0.6) is 0 Å². The van der Waals surface area contributed by atoms with Gasteiger partial charge in [-0.2, -0.15) is 0 Å². The summed E-state index contributed by atoms with van der Waals surface area (Å²) in [5, 5.41) is 1.46. The van der Waals surface area contributed by atoms with Crippen LogP contribution < -0.4 is 0 Å². The molecule has 1 N–H and O–H groups in total. The Balaban J connectivity index is 1.65. The number of nitrogens with zero attached hydrogens (tertiary/aromatic N) is 1. The van der Waals surface area contributed by atoms with Crippen LogP contribution in [-0.4, -0.2) is 23.0 Å². The Labute approximate surface area is 125 Å². The van der Waals surface area contributed by atoms with E-state index in [1.165, 1.54) is 48.9 Å². The lowest BCUT2D eigenvalue weighted by Gasteiger charge is -2.34. The minimum Gasteiger partial charge on any atom is -0.357 e. The van der Waals surface area contributed by atoms with Gasteiger partial charge >= 0.3 is 0 Å². The topological polar surface area (TPSA) is 19.0 Å². The minimum absolute atomic E-state index is 0.634. The fraction of sp³-hybridized carbons (Fsp3) is 0.474. The van der Waals surface area contributed by atoms with Crippen molar-refractivity contribution < 1.29 is 0 Å². The lowest BCUT2D eigenvalue weighted by Crippen LogP contribution is -2.32. The molecule has 0 radical (unpaired) electrons. The summed E-state index contributed by atoms with van der Waals surface area (Å²) in [6, 6.07) is 9.48. The zero-order chi connectivity index (χ0) is 14.0. The molecule has 0 amide bonds. The number of allylic oxidation sites excluding steroid dienone is 2. The maximum absolute atomic E-state index is 3.77. The van der Waals surface area contributed by atoms with Gasteiger partial charge in [0.15, 0.2) is 0 Å². The van der Waals surface area contributed by atoms with Crippen LogP contribution in [-0.2, 0) is 6.42 Å². The molecule has 108 valence electrons. The Kier molecular flexibility index (Phi) is 2.43. The van der Waals surface area contributed by atoms with E-state index in [0.29, 0.717) is 6.04 Å². The third-order valence-corrected chi connectivity index (χ3v) is 5.99. The molecule has 0 spiro atoms. The van der Waals surface area contributed by atoms with Crippen molar-refractivity contribution in [3.63, 3.8) is 0 Å². The van der Waals surface area contributed by atoms with Crippen molar-refractivity contribution in [1.29, 1.82) is 0 Å². The van der Waals surface area contributed by atoms with Crippen LogP contribution in [0, 0.1) is 11.8 Å². The summed E-state index contributed by atoms with van der Waals surface area (Å²) in [6.07, 6.45) is 6.27. The molecule has 3 atom stereocenters. The standard InChI is InChI=1S/C19H22N2/c1-12-6-7-13-11-21-9-8-15-14-4-2-3-5-17(14)20-18(15)19(21)16(13)10-12/h2-6,13,16,19-20H,7-11H2,1H3/t13-,16-,19-/m0/s1. The first-order valence-corrected chi connectivity index (χ1v) is 8.30. The van der Waals surface area contributed by atoms with Gasteiger partial charge in [-0.1, -0.05) is 29.8 Å². The maximum Gasteiger partial charge on any atom is 0.0536 e. The van der Waals surface area contributed by atoms with Crippen LogP contribution in [0.4, 0.5) is 0 Å². The molecular formula is C19H22N2. The van der Waals surface area contributed by atoms with E-state index in [1.54, 1.807) is 11.1 Å².